The highest BCUT2D eigenvalue weighted by Gasteiger charge is 2.74. The Kier molecular flexibility index (Phi) is 9.44. The van der Waals surface area contributed by atoms with Crippen LogP contribution in [0, 0.1) is 11.8 Å². The molecule has 11 nitrogen and oxygen atoms in total. The monoisotopic (exact) mass is 657 g/mol. The van der Waals surface area contributed by atoms with Crippen molar-refractivity contribution in [1.29, 1.82) is 0 Å². The molecular formula is C37H43N3O8. The van der Waals surface area contributed by atoms with E-state index in [1.807, 2.05) is 56.3 Å². The number of fused-ring (bicyclic) bond motifs is 2. The number of anilines is 1. The van der Waals surface area contributed by atoms with Crippen molar-refractivity contribution in [2.24, 2.45) is 11.8 Å². The van der Waals surface area contributed by atoms with Gasteiger partial charge in [0.05, 0.1) is 37.8 Å². The molecule has 4 heterocycles. The predicted octanol–water partition coefficient (Wildman–Crippen LogP) is 3.43. The molecule has 6 rings (SSSR count). The Balaban J connectivity index is 1.47. The fraction of sp³-hybridized carbons (Fsp3) is 0.459. The number of esters is 1. The summed E-state index contributed by atoms with van der Waals surface area (Å²) >= 11 is 0. The lowest BCUT2D eigenvalue weighted by atomic mass is 9.74. The number of aliphatic hydroxyl groups excluding tert-OH is 1. The zero-order valence-corrected chi connectivity index (χ0v) is 27.7. The number of carbonyl (C=O) groups is 4. The number of allylic oxidation sites excluding steroid dienone is 1. The molecule has 2 fully saturated rings. The second kappa shape index (κ2) is 13.6. The Morgan fingerprint density at radius 3 is 2.42 bits per heavy atom. The minimum absolute atomic E-state index is 0.124. The van der Waals surface area contributed by atoms with Gasteiger partial charge in [0.2, 0.25) is 11.8 Å². The quantitative estimate of drug-likeness (QED) is 0.370. The number of likely N-dealkylation sites (tertiary alicyclic amines) is 1. The van der Waals surface area contributed by atoms with E-state index in [1.54, 1.807) is 60.4 Å². The van der Waals surface area contributed by atoms with Gasteiger partial charge in [-0.05, 0) is 49.6 Å². The van der Waals surface area contributed by atoms with E-state index in [9.17, 15) is 24.3 Å². The van der Waals surface area contributed by atoms with Gasteiger partial charge in [-0.1, -0.05) is 61.6 Å². The SMILES string of the molecule is CC[C@@H](CO)N1C(=O)[C@@H]2[C@H]3C(=O)O[C@@H](c4ccccc4)[C@H](C)N(C)C(=O)CC/C=C\CN(c4ccc(OC)cc4)C(=O)[C@@H]1[C@]21C=C[C@H]3O1. The highest BCUT2D eigenvalue weighted by molar-refractivity contribution is 6.05. The molecule has 2 saturated heterocycles. The smallest absolute Gasteiger partial charge is 0.313 e. The van der Waals surface area contributed by atoms with Crippen LogP contribution in [0.2, 0.25) is 0 Å². The van der Waals surface area contributed by atoms with Crippen molar-refractivity contribution in [3.8, 4) is 5.75 Å². The van der Waals surface area contributed by atoms with Crippen molar-refractivity contribution in [2.75, 3.05) is 32.2 Å². The van der Waals surface area contributed by atoms with Crippen LogP contribution in [-0.2, 0) is 28.7 Å². The van der Waals surface area contributed by atoms with Crippen LogP contribution in [0.4, 0.5) is 5.69 Å². The maximum atomic E-state index is 14.9. The fourth-order valence-electron chi connectivity index (χ4n) is 7.60. The Hall–Kier alpha value is -4.48. The highest BCUT2D eigenvalue weighted by atomic mass is 16.6. The van der Waals surface area contributed by atoms with Gasteiger partial charge in [-0.3, -0.25) is 19.2 Å². The number of nitrogens with zero attached hydrogens (tertiary/aromatic N) is 3. The van der Waals surface area contributed by atoms with Crippen molar-refractivity contribution in [2.45, 2.75) is 69.0 Å². The zero-order chi connectivity index (χ0) is 34.2. The molecule has 0 aliphatic carbocycles. The lowest BCUT2D eigenvalue weighted by Crippen LogP contribution is -2.58. The Morgan fingerprint density at radius 2 is 1.75 bits per heavy atom. The van der Waals surface area contributed by atoms with Crippen LogP contribution >= 0.6 is 0 Å². The summed E-state index contributed by atoms with van der Waals surface area (Å²) in [7, 11) is 3.25. The average Bonchev–Trinajstić information content (AvgIpc) is 3.76. The van der Waals surface area contributed by atoms with E-state index < -0.39 is 65.6 Å². The summed E-state index contributed by atoms with van der Waals surface area (Å²) in [6.07, 6.45) is 6.59. The lowest BCUT2D eigenvalue weighted by molar-refractivity contribution is -0.164. The van der Waals surface area contributed by atoms with Crippen LogP contribution < -0.4 is 9.64 Å². The second-order valence-corrected chi connectivity index (χ2v) is 12.9. The van der Waals surface area contributed by atoms with Crippen LogP contribution in [0.1, 0.15) is 44.8 Å². The lowest BCUT2D eigenvalue weighted by Gasteiger charge is -2.38. The third-order valence-corrected chi connectivity index (χ3v) is 10.3. The predicted molar refractivity (Wildman–Crippen MR) is 177 cm³/mol. The Morgan fingerprint density at radius 1 is 1.02 bits per heavy atom. The first-order chi connectivity index (χ1) is 23.2. The molecule has 1 N–H and O–H groups in total. The number of likely N-dealkylation sites (N-methyl/N-ethyl adjacent to an activating group) is 1. The maximum absolute atomic E-state index is 14.9. The molecular weight excluding hydrogens is 614 g/mol. The fourth-order valence-corrected chi connectivity index (χ4v) is 7.60. The van der Waals surface area contributed by atoms with Gasteiger partial charge in [0.1, 0.15) is 29.4 Å². The van der Waals surface area contributed by atoms with Gasteiger partial charge in [-0.2, -0.15) is 0 Å². The summed E-state index contributed by atoms with van der Waals surface area (Å²) in [5, 5.41) is 10.5. The van der Waals surface area contributed by atoms with Crippen molar-refractivity contribution >= 4 is 29.4 Å². The third-order valence-electron chi connectivity index (χ3n) is 10.3. The van der Waals surface area contributed by atoms with Crippen LogP contribution in [0.5, 0.6) is 5.75 Å². The zero-order valence-electron chi connectivity index (χ0n) is 27.7. The maximum Gasteiger partial charge on any atom is 0.313 e. The van der Waals surface area contributed by atoms with Crippen molar-refractivity contribution < 1.29 is 38.5 Å². The molecule has 8 atom stereocenters. The number of hydrogen-bond acceptors (Lipinski definition) is 8. The standard InChI is InChI=1S/C37H43N3O8/c1-5-25(22-41)40-33-35(44)39(26-15-17-27(46-4)18-16-26)21-11-7-10-14-29(42)38(3)23(2)32(24-12-8-6-9-13-24)47-36(45)30-28-19-20-37(33,48-28)31(30)34(40)43/h6-9,11-13,15-20,23,25,28,30-33,41H,5,10,14,21-22H2,1-4H3/b11-7-/t23-,25-,28+,30-,31-,32+,33+,37-/m0/s1. The molecule has 2 aromatic rings. The van der Waals surface area contributed by atoms with Crippen LogP contribution in [-0.4, -0.2) is 95.7 Å². The van der Waals surface area contributed by atoms with Gasteiger partial charge < -0.3 is 34.0 Å². The largest absolute Gasteiger partial charge is 0.497 e. The molecule has 2 aromatic carbocycles. The summed E-state index contributed by atoms with van der Waals surface area (Å²) in [6, 6.07) is 13.9. The molecule has 0 unspecified atom stereocenters. The van der Waals surface area contributed by atoms with Crippen molar-refractivity contribution in [3.05, 3.63) is 84.5 Å². The first kappa shape index (κ1) is 33.4. The average molecular weight is 658 g/mol. The van der Waals surface area contributed by atoms with Gasteiger partial charge in [0.15, 0.2) is 0 Å². The van der Waals surface area contributed by atoms with Crippen molar-refractivity contribution in [1.82, 2.24) is 9.80 Å². The van der Waals surface area contributed by atoms with E-state index >= 15 is 0 Å². The molecule has 4 aliphatic rings. The highest BCUT2D eigenvalue weighted by Crippen LogP contribution is 2.56. The van der Waals surface area contributed by atoms with E-state index in [0.29, 0.717) is 29.8 Å². The van der Waals surface area contributed by atoms with E-state index in [4.69, 9.17) is 14.2 Å². The number of methoxy groups -OCH3 is 1. The summed E-state index contributed by atoms with van der Waals surface area (Å²) in [6.45, 7) is 3.46. The first-order valence-corrected chi connectivity index (χ1v) is 16.6. The van der Waals surface area contributed by atoms with Gasteiger partial charge in [0.25, 0.3) is 5.91 Å². The molecule has 0 aromatic heterocycles. The molecule has 1 spiro atoms. The second-order valence-electron chi connectivity index (χ2n) is 12.9. The van der Waals surface area contributed by atoms with E-state index in [-0.39, 0.29) is 25.5 Å². The van der Waals surface area contributed by atoms with Gasteiger partial charge in [-0.25, -0.2) is 0 Å². The van der Waals surface area contributed by atoms with Crippen molar-refractivity contribution in [3.63, 3.8) is 0 Å². The topological polar surface area (TPSA) is 126 Å². The number of benzene rings is 2. The summed E-state index contributed by atoms with van der Waals surface area (Å²) < 4.78 is 18.2. The van der Waals surface area contributed by atoms with E-state index in [1.165, 1.54) is 4.90 Å². The van der Waals surface area contributed by atoms with Crippen LogP contribution in [0.3, 0.4) is 0 Å². The minimum Gasteiger partial charge on any atom is -0.497 e. The number of rotatable bonds is 6. The molecule has 0 saturated carbocycles. The summed E-state index contributed by atoms with van der Waals surface area (Å²) in [5.41, 5.74) is -0.178. The number of hydrogen-bond donors (Lipinski definition) is 1. The molecule has 254 valence electrons. The third kappa shape index (κ3) is 5.58. The summed E-state index contributed by atoms with van der Waals surface area (Å²) in [4.78, 5) is 61.7. The number of ether oxygens (including phenoxy) is 3. The Bertz CT molecular complexity index is 1590. The minimum atomic E-state index is -1.45. The van der Waals surface area contributed by atoms with Gasteiger partial charge in [-0.15, -0.1) is 0 Å². The molecule has 5 bridgehead atoms. The normalized spacial score (nSPS) is 32.0. The number of cyclic esters (lactones) is 1. The number of aliphatic hydroxyl groups is 1. The number of amides is 3. The van der Waals surface area contributed by atoms with E-state index in [0.717, 1.165) is 0 Å². The van der Waals surface area contributed by atoms with Gasteiger partial charge >= 0.3 is 5.97 Å². The van der Waals surface area contributed by atoms with Crippen LogP contribution in [0.25, 0.3) is 0 Å². The summed E-state index contributed by atoms with van der Waals surface area (Å²) in [5.74, 6) is -3.10. The molecule has 4 aliphatic heterocycles. The molecule has 0 radical (unpaired) electrons. The van der Waals surface area contributed by atoms with E-state index in [2.05, 4.69) is 0 Å². The molecule has 11 heteroatoms. The Labute approximate surface area is 280 Å². The van der Waals surface area contributed by atoms with Gasteiger partial charge in [0, 0.05) is 25.7 Å². The number of carbonyl (C=O) groups excluding carboxylic acids is 4. The van der Waals surface area contributed by atoms with Crippen LogP contribution in [0.15, 0.2) is 78.9 Å². The molecule has 3 amide bonds. The first-order valence-electron chi connectivity index (χ1n) is 16.6. The molecule has 48 heavy (non-hydrogen) atoms.